The number of hydrazine groups is 1. The monoisotopic (exact) mass is 356 g/mol. The number of benzene rings is 1. The molecule has 0 atom stereocenters. The first-order chi connectivity index (χ1) is 13.3. The first-order valence-electron chi connectivity index (χ1n) is 8.73. The van der Waals surface area contributed by atoms with E-state index in [0.29, 0.717) is 6.54 Å². The van der Waals surface area contributed by atoms with E-state index in [4.69, 9.17) is 4.74 Å². The van der Waals surface area contributed by atoms with E-state index in [9.17, 15) is 0 Å². The van der Waals surface area contributed by atoms with E-state index in [1.807, 2.05) is 48.9 Å². The largest absolute Gasteiger partial charge is 0.497 e. The van der Waals surface area contributed by atoms with Gasteiger partial charge in [-0.25, -0.2) is 0 Å². The van der Waals surface area contributed by atoms with Crippen molar-refractivity contribution in [1.29, 1.82) is 0 Å². The number of hydrogen-bond donors (Lipinski definition) is 1. The lowest BCUT2D eigenvalue weighted by Crippen LogP contribution is -2.34. The van der Waals surface area contributed by atoms with Crippen LogP contribution in [0.4, 0.5) is 0 Å². The summed E-state index contributed by atoms with van der Waals surface area (Å²) in [5.41, 5.74) is 9.03. The van der Waals surface area contributed by atoms with Crippen LogP contribution in [0, 0.1) is 0 Å². The molecule has 0 amide bonds. The van der Waals surface area contributed by atoms with Gasteiger partial charge in [-0.05, 0) is 59.7 Å². The minimum Gasteiger partial charge on any atom is -0.497 e. The molecule has 27 heavy (non-hydrogen) atoms. The van der Waals surface area contributed by atoms with Crippen LogP contribution in [0.25, 0.3) is 11.3 Å². The Labute approximate surface area is 158 Å². The summed E-state index contributed by atoms with van der Waals surface area (Å²) in [6.07, 6.45) is 11.5. The van der Waals surface area contributed by atoms with Crippen molar-refractivity contribution >= 4 is 11.3 Å². The minimum atomic E-state index is 0.716. The highest BCUT2D eigenvalue weighted by molar-refractivity contribution is 5.95. The summed E-state index contributed by atoms with van der Waals surface area (Å²) >= 11 is 0. The second kappa shape index (κ2) is 7.74. The zero-order valence-electron chi connectivity index (χ0n) is 15.0. The fourth-order valence-electron chi connectivity index (χ4n) is 3.02. The van der Waals surface area contributed by atoms with Crippen LogP contribution in [0.2, 0.25) is 0 Å². The van der Waals surface area contributed by atoms with Crippen LogP contribution in [0.15, 0.2) is 85.6 Å². The van der Waals surface area contributed by atoms with Gasteiger partial charge in [0.1, 0.15) is 5.75 Å². The van der Waals surface area contributed by atoms with Gasteiger partial charge in [0.25, 0.3) is 0 Å². The molecule has 1 aliphatic rings. The molecular formula is C22H20N4O. The maximum Gasteiger partial charge on any atom is 0.118 e. The molecule has 0 fully saturated rings. The predicted octanol–water partition coefficient (Wildman–Crippen LogP) is 3.89. The van der Waals surface area contributed by atoms with Gasteiger partial charge in [-0.15, -0.1) is 0 Å². The molecule has 0 saturated carbocycles. The number of rotatable bonds is 5. The minimum absolute atomic E-state index is 0.716. The average molecular weight is 356 g/mol. The third-order valence-corrected chi connectivity index (χ3v) is 4.39. The lowest BCUT2D eigenvalue weighted by Gasteiger charge is -2.30. The lowest BCUT2D eigenvalue weighted by molar-refractivity contribution is 0.314. The summed E-state index contributed by atoms with van der Waals surface area (Å²) in [5.74, 6) is 0.836. The maximum absolute atomic E-state index is 5.29. The van der Waals surface area contributed by atoms with Gasteiger partial charge in [0, 0.05) is 42.1 Å². The Morgan fingerprint density at radius 3 is 2.44 bits per heavy atom. The quantitative estimate of drug-likeness (QED) is 0.752. The second-order valence-electron chi connectivity index (χ2n) is 6.17. The normalized spacial score (nSPS) is 13.4. The molecular weight excluding hydrogens is 336 g/mol. The average Bonchev–Trinajstić information content (AvgIpc) is 2.75. The van der Waals surface area contributed by atoms with E-state index in [2.05, 4.69) is 50.9 Å². The predicted molar refractivity (Wildman–Crippen MR) is 106 cm³/mol. The van der Waals surface area contributed by atoms with Crippen LogP contribution in [0.5, 0.6) is 5.75 Å². The molecule has 3 aromatic rings. The summed E-state index contributed by atoms with van der Waals surface area (Å²) in [6, 6.07) is 16.1. The molecule has 4 rings (SSSR count). The molecule has 0 saturated heterocycles. The standard InChI is InChI=1S/C22H20N4O/c1-27-20-6-4-19(5-7-20)22-21(18-8-12-23-13-9-18)10-14-26(25-22)16-17-3-2-11-24-15-17/h2-15,25H,16H2,1H3. The Bertz CT molecular complexity index is 951. The maximum atomic E-state index is 5.29. The van der Waals surface area contributed by atoms with Crippen molar-refractivity contribution in [2.75, 3.05) is 7.11 Å². The van der Waals surface area contributed by atoms with Crippen molar-refractivity contribution in [3.63, 3.8) is 0 Å². The molecule has 2 aromatic heterocycles. The molecule has 0 bridgehead atoms. The van der Waals surface area contributed by atoms with Crippen molar-refractivity contribution in [2.24, 2.45) is 0 Å². The molecule has 134 valence electrons. The summed E-state index contributed by atoms with van der Waals surface area (Å²) < 4.78 is 5.29. The summed E-state index contributed by atoms with van der Waals surface area (Å²) in [6.45, 7) is 0.716. The van der Waals surface area contributed by atoms with Gasteiger partial charge in [0.05, 0.1) is 19.4 Å². The topological polar surface area (TPSA) is 50.3 Å². The van der Waals surface area contributed by atoms with Crippen LogP contribution in [-0.4, -0.2) is 22.1 Å². The lowest BCUT2D eigenvalue weighted by atomic mass is 9.99. The number of nitrogens with one attached hydrogen (secondary N) is 1. The first kappa shape index (κ1) is 16.8. The van der Waals surface area contributed by atoms with E-state index in [1.165, 1.54) is 0 Å². The SMILES string of the molecule is COc1ccc(C2=C(c3ccncc3)C=CN(Cc3cccnc3)N2)cc1. The molecule has 1 N–H and O–H groups in total. The van der Waals surface area contributed by atoms with Crippen molar-refractivity contribution in [3.05, 3.63) is 102 Å². The molecule has 0 unspecified atom stereocenters. The van der Waals surface area contributed by atoms with Gasteiger partial charge >= 0.3 is 0 Å². The third kappa shape index (κ3) is 3.82. The van der Waals surface area contributed by atoms with Crippen molar-refractivity contribution in [2.45, 2.75) is 6.54 Å². The highest BCUT2D eigenvalue weighted by Gasteiger charge is 2.16. The molecule has 0 radical (unpaired) electrons. The molecule has 0 spiro atoms. The molecule has 1 aliphatic heterocycles. The van der Waals surface area contributed by atoms with Crippen molar-refractivity contribution < 1.29 is 4.74 Å². The van der Waals surface area contributed by atoms with Gasteiger partial charge < -0.3 is 4.74 Å². The number of hydrogen-bond acceptors (Lipinski definition) is 5. The van der Waals surface area contributed by atoms with E-state index >= 15 is 0 Å². The number of nitrogens with zero attached hydrogens (tertiary/aromatic N) is 3. The molecule has 1 aromatic carbocycles. The second-order valence-corrected chi connectivity index (χ2v) is 6.17. The number of aromatic nitrogens is 2. The van der Waals surface area contributed by atoms with Crippen LogP contribution < -0.4 is 10.2 Å². The van der Waals surface area contributed by atoms with Crippen LogP contribution in [0.1, 0.15) is 16.7 Å². The van der Waals surface area contributed by atoms with Crippen LogP contribution >= 0.6 is 0 Å². The molecule has 0 aliphatic carbocycles. The van der Waals surface area contributed by atoms with Gasteiger partial charge in [0.2, 0.25) is 0 Å². The van der Waals surface area contributed by atoms with E-state index in [1.54, 1.807) is 13.3 Å². The van der Waals surface area contributed by atoms with Gasteiger partial charge in [0.15, 0.2) is 0 Å². The fourth-order valence-corrected chi connectivity index (χ4v) is 3.02. The van der Waals surface area contributed by atoms with Gasteiger partial charge in [-0.2, -0.15) is 0 Å². The summed E-state index contributed by atoms with van der Waals surface area (Å²) in [4.78, 5) is 8.33. The number of allylic oxidation sites excluding steroid dienone is 2. The Kier molecular flexibility index (Phi) is 4.83. The van der Waals surface area contributed by atoms with E-state index in [0.717, 1.165) is 33.7 Å². The van der Waals surface area contributed by atoms with Gasteiger partial charge in [-0.3, -0.25) is 20.4 Å². The van der Waals surface area contributed by atoms with E-state index in [-0.39, 0.29) is 0 Å². The Hall–Kier alpha value is -3.60. The fraction of sp³-hybridized carbons (Fsp3) is 0.0909. The van der Waals surface area contributed by atoms with Crippen molar-refractivity contribution in [1.82, 2.24) is 20.4 Å². The Morgan fingerprint density at radius 1 is 0.926 bits per heavy atom. The Morgan fingerprint density at radius 2 is 1.74 bits per heavy atom. The highest BCUT2D eigenvalue weighted by atomic mass is 16.5. The van der Waals surface area contributed by atoms with Crippen molar-refractivity contribution in [3.8, 4) is 5.75 Å². The van der Waals surface area contributed by atoms with Crippen LogP contribution in [-0.2, 0) is 6.54 Å². The van der Waals surface area contributed by atoms with Gasteiger partial charge in [-0.1, -0.05) is 6.07 Å². The summed E-state index contributed by atoms with van der Waals surface area (Å²) in [5, 5.41) is 2.06. The number of ether oxygens (including phenoxy) is 1. The number of pyridine rings is 2. The smallest absolute Gasteiger partial charge is 0.118 e. The zero-order valence-corrected chi connectivity index (χ0v) is 15.0. The van der Waals surface area contributed by atoms with E-state index < -0.39 is 0 Å². The molecule has 5 nitrogen and oxygen atoms in total. The Balaban J connectivity index is 1.69. The molecule has 5 heteroatoms. The summed E-state index contributed by atoms with van der Waals surface area (Å²) in [7, 11) is 1.67. The highest BCUT2D eigenvalue weighted by Crippen LogP contribution is 2.30. The first-order valence-corrected chi connectivity index (χ1v) is 8.73. The zero-order chi connectivity index (χ0) is 18.5. The van der Waals surface area contributed by atoms with Crippen LogP contribution in [0.3, 0.4) is 0 Å². The number of methoxy groups -OCH3 is 1. The molecule has 3 heterocycles. The third-order valence-electron chi connectivity index (χ3n) is 4.39.